The largest absolute Gasteiger partial charge is 0.329 e. The second-order valence-corrected chi connectivity index (χ2v) is 14.1. The van der Waals surface area contributed by atoms with E-state index < -0.39 is 18.2 Å². The monoisotopic (exact) mass is 677 g/mol. The van der Waals surface area contributed by atoms with Crippen molar-refractivity contribution < 1.29 is 8.78 Å². The molecule has 11 heteroatoms. The lowest BCUT2D eigenvalue weighted by Gasteiger charge is -2.33. The Labute approximate surface area is 284 Å². The molecular weight excluding hydrogens is 636 g/mol. The van der Waals surface area contributed by atoms with E-state index in [0.717, 1.165) is 73.1 Å². The zero-order valence-electron chi connectivity index (χ0n) is 27.0. The standard InChI is InChI=1S/C36H42ClF2N7S/c1-23(2)19-31(29-7-4-5-13-41-29)42-16-15-40-14-11-25-20-32-34(30-12-17-46(44-30)24(3)38)35(27-10-9-26(39)21-28(27)37)43-36(45(32)22-25)33-8-6-18-47-33/h4-10,12-13,17-18,21,23-25,31,35,40,42H,11,14-16,19-20,22H2,1-3H3/t24?,25-,31-,35-/m0/s1. The molecule has 0 aliphatic carbocycles. The van der Waals surface area contributed by atoms with Crippen molar-refractivity contribution in [3.05, 3.63) is 111 Å². The third-order valence-corrected chi connectivity index (χ3v) is 9.95. The van der Waals surface area contributed by atoms with E-state index in [-0.39, 0.29) is 6.04 Å². The summed E-state index contributed by atoms with van der Waals surface area (Å²) in [4.78, 5) is 13.2. The first kappa shape index (κ1) is 33.5. The van der Waals surface area contributed by atoms with Crippen molar-refractivity contribution in [2.24, 2.45) is 16.8 Å². The van der Waals surface area contributed by atoms with Gasteiger partial charge in [-0.05, 0) is 86.3 Å². The highest BCUT2D eigenvalue weighted by Gasteiger charge is 2.40. The number of halogens is 3. The van der Waals surface area contributed by atoms with E-state index >= 15 is 0 Å². The highest BCUT2D eigenvalue weighted by atomic mass is 35.5. The second-order valence-electron chi connectivity index (χ2n) is 12.7. The highest BCUT2D eigenvalue weighted by Crippen LogP contribution is 2.47. The van der Waals surface area contributed by atoms with Crippen LogP contribution in [0.25, 0.3) is 5.57 Å². The summed E-state index contributed by atoms with van der Waals surface area (Å²) in [5, 5.41) is 14.3. The summed E-state index contributed by atoms with van der Waals surface area (Å²) in [6, 6.07) is 16.2. The van der Waals surface area contributed by atoms with Crippen molar-refractivity contribution in [2.45, 2.75) is 58.4 Å². The van der Waals surface area contributed by atoms with Crippen molar-refractivity contribution in [1.82, 2.24) is 30.3 Å². The van der Waals surface area contributed by atoms with Gasteiger partial charge in [0.1, 0.15) is 17.7 Å². The topological polar surface area (TPSA) is 70.4 Å². The molecule has 248 valence electrons. The zero-order chi connectivity index (χ0) is 32.9. The van der Waals surface area contributed by atoms with Crippen LogP contribution in [0.1, 0.15) is 80.2 Å². The highest BCUT2D eigenvalue weighted by molar-refractivity contribution is 7.12. The molecule has 2 aliphatic rings. The maximum absolute atomic E-state index is 14.3. The normalized spacial score (nSPS) is 19.3. The van der Waals surface area contributed by atoms with Crippen LogP contribution >= 0.6 is 22.9 Å². The summed E-state index contributed by atoms with van der Waals surface area (Å²) in [6.07, 6.45) is 5.09. The van der Waals surface area contributed by atoms with Gasteiger partial charge in [0, 0.05) is 59.9 Å². The lowest BCUT2D eigenvalue weighted by molar-refractivity contribution is 0.245. The second kappa shape index (κ2) is 15.2. The molecule has 7 nitrogen and oxygen atoms in total. The Hall–Kier alpha value is -3.44. The number of amidine groups is 1. The minimum Gasteiger partial charge on any atom is -0.329 e. The van der Waals surface area contributed by atoms with Crippen LogP contribution in [0.15, 0.2) is 83.1 Å². The molecule has 47 heavy (non-hydrogen) atoms. The average Bonchev–Trinajstić information content (AvgIpc) is 3.83. The molecule has 4 aromatic rings. The maximum Gasteiger partial charge on any atom is 0.188 e. The Balaban J connectivity index is 1.20. The van der Waals surface area contributed by atoms with Crippen molar-refractivity contribution in [2.75, 3.05) is 26.2 Å². The van der Waals surface area contributed by atoms with Gasteiger partial charge in [-0.15, -0.1) is 11.3 Å². The van der Waals surface area contributed by atoms with Crippen LogP contribution in [0, 0.1) is 17.7 Å². The Morgan fingerprint density at radius 1 is 1.06 bits per heavy atom. The van der Waals surface area contributed by atoms with Gasteiger partial charge in [0.05, 0.1) is 16.3 Å². The fraction of sp³-hybridized carbons (Fsp3) is 0.417. The molecule has 0 radical (unpaired) electrons. The van der Waals surface area contributed by atoms with Crippen LogP contribution in [0.4, 0.5) is 8.78 Å². The SMILES string of the molecule is CC(C)C[C@H](NCCNCC[C@H]1CC2=C(c3ccn(C(C)F)n3)[C@H](c3ccc(F)cc3Cl)N=C(c3cccs3)N2C1)c1ccccn1. The summed E-state index contributed by atoms with van der Waals surface area (Å²) in [5.74, 6) is 1.42. The number of pyridine rings is 1. The number of nitrogens with one attached hydrogen (secondary N) is 2. The van der Waals surface area contributed by atoms with E-state index in [0.29, 0.717) is 28.1 Å². The number of fused-ring (bicyclic) bond motifs is 1. The number of benzene rings is 1. The third-order valence-electron chi connectivity index (χ3n) is 8.76. The Morgan fingerprint density at radius 3 is 2.64 bits per heavy atom. The number of nitrogens with zero attached hydrogens (tertiary/aromatic N) is 5. The van der Waals surface area contributed by atoms with Gasteiger partial charge < -0.3 is 15.5 Å². The average molecular weight is 678 g/mol. The van der Waals surface area contributed by atoms with Crippen LogP contribution < -0.4 is 10.6 Å². The van der Waals surface area contributed by atoms with Crippen LogP contribution in [0.3, 0.4) is 0 Å². The van der Waals surface area contributed by atoms with Crippen molar-refractivity contribution in [1.29, 1.82) is 0 Å². The maximum atomic E-state index is 14.3. The first-order valence-electron chi connectivity index (χ1n) is 16.4. The van der Waals surface area contributed by atoms with E-state index in [2.05, 4.69) is 51.6 Å². The quantitative estimate of drug-likeness (QED) is 0.132. The Kier molecular flexibility index (Phi) is 10.8. The third kappa shape index (κ3) is 7.83. The smallest absolute Gasteiger partial charge is 0.188 e. The van der Waals surface area contributed by atoms with Crippen LogP contribution in [-0.4, -0.2) is 51.7 Å². The summed E-state index contributed by atoms with van der Waals surface area (Å²) in [5.41, 5.74) is 4.45. The Morgan fingerprint density at radius 2 is 1.94 bits per heavy atom. The number of thiophene rings is 1. The predicted molar refractivity (Wildman–Crippen MR) is 187 cm³/mol. The number of hydrogen-bond donors (Lipinski definition) is 2. The molecular formula is C36H42ClF2N7S. The molecule has 0 amide bonds. The molecule has 1 aromatic carbocycles. The molecule has 3 aromatic heterocycles. The molecule has 2 N–H and O–H groups in total. The lowest BCUT2D eigenvalue weighted by atomic mass is 9.91. The first-order chi connectivity index (χ1) is 22.8. The number of alkyl halides is 1. The van der Waals surface area contributed by atoms with Gasteiger partial charge in [0.2, 0.25) is 0 Å². The molecule has 2 aliphatic heterocycles. The van der Waals surface area contributed by atoms with E-state index in [4.69, 9.17) is 16.6 Å². The molecule has 0 bridgehead atoms. The van der Waals surface area contributed by atoms with Gasteiger partial charge in [0.25, 0.3) is 0 Å². The van der Waals surface area contributed by atoms with Gasteiger partial charge in [-0.3, -0.25) is 9.98 Å². The molecule has 1 fully saturated rings. The summed E-state index contributed by atoms with van der Waals surface area (Å²) >= 11 is 8.30. The van der Waals surface area contributed by atoms with Crippen molar-refractivity contribution in [3.8, 4) is 0 Å². The van der Waals surface area contributed by atoms with E-state index in [9.17, 15) is 8.78 Å². The van der Waals surface area contributed by atoms with Crippen LogP contribution in [0.5, 0.6) is 0 Å². The molecule has 0 saturated carbocycles. The van der Waals surface area contributed by atoms with Gasteiger partial charge in [0.15, 0.2) is 6.30 Å². The lowest BCUT2D eigenvalue weighted by Crippen LogP contribution is -2.34. The van der Waals surface area contributed by atoms with Gasteiger partial charge >= 0.3 is 0 Å². The number of allylic oxidation sites excluding steroid dienone is 1. The van der Waals surface area contributed by atoms with E-state index in [1.165, 1.54) is 23.7 Å². The molecule has 6 rings (SSSR count). The number of aliphatic imine (C=N–C) groups is 1. The predicted octanol–water partition coefficient (Wildman–Crippen LogP) is 8.21. The van der Waals surface area contributed by atoms with Gasteiger partial charge in [-0.2, -0.15) is 5.10 Å². The fourth-order valence-corrected chi connectivity index (χ4v) is 7.54. The van der Waals surface area contributed by atoms with Crippen molar-refractivity contribution in [3.63, 3.8) is 0 Å². The molecule has 5 heterocycles. The molecule has 1 saturated heterocycles. The number of rotatable bonds is 14. The Bertz CT molecular complexity index is 1690. The molecule has 1 unspecified atom stereocenters. The van der Waals surface area contributed by atoms with Gasteiger partial charge in [-0.25, -0.2) is 13.5 Å². The fourth-order valence-electron chi connectivity index (χ4n) is 6.54. The van der Waals surface area contributed by atoms with E-state index in [1.54, 1.807) is 23.6 Å². The summed E-state index contributed by atoms with van der Waals surface area (Å²) < 4.78 is 29.8. The summed E-state index contributed by atoms with van der Waals surface area (Å²) in [6.45, 7) is 9.35. The minimum atomic E-state index is -1.27. The van der Waals surface area contributed by atoms with Crippen LogP contribution in [0.2, 0.25) is 5.02 Å². The number of hydrogen-bond acceptors (Lipinski definition) is 7. The van der Waals surface area contributed by atoms with Crippen molar-refractivity contribution >= 4 is 34.3 Å². The number of aromatic nitrogens is 3. The first-order valence-corrected chi connectivity index (χ1v) is 17.7. The van der Waals surface area contributed by atoms with E-state index in [1.807, 2.05) is 35.8 Å². The minimum absolute atomic E-state index is 0.232. The molecule has 0 spiro atoms. The summed E-state index contributed by atoms with van der Waals surface area (Å²) in [7, 11) is 0. The van der Waals surface area contributed by atoms with Crippen LogP contribution in [-0.2, 0) is 0 Å². The molecule has 4 atom stereocenters. The zero-order valence-corrected chi connectivity index (χ0v) is 28.6. The van der Waals surface area contributed by atoms with Gasteiger partial charge in [-0.1, -0.05) is 43.6 Å².